The number of hydrogen-bond acceptors (Lipinski definition) is 4. The maximum absolute atomic E-state index is 13.0. The van der Waals surface area contributed by atoms with E-state index < -0.39 is 22.9 Å². The van der Waals surface area contributed by atoms with Crippen LogP contribution in [0.2, 0.25) is 0 Å². The van der Waals surface area contributed by atoms with Crippen molar-refractivity contribution in [3.8, 4) is 5.75 Å². The van der Waals surface area contributed by atoms with Gasteiger partial charge >= 0.3 is 6.18 Å². The molecule has 0 atom stereocenters. The fraction of sp³-hybridized carbons (Fsp3) is 0.120. The molecule has 0 saturated carbocycles. The Morgan fingerprint density at radius 1 is 0.970 bits per heavy atom. The highest BCUT2D eigenvalue weighted by atomic mass is 32.2. The molecule has 168 valence electrons. The summed E-state index contributed by atoms with van der Waals surface area (Å²) in [6.07, 6.45) is -3.04. The monoisotopic (exact) mass is 469 g/mol. The number of nitrogens with zero attached hydrogens (tertiary/aromatic N) is 1. The summed E-state index contributed by atoms with van der Waals surface area (Å²) in [6, 6.07) is 19.1. The minimum absolute atomic E-state index is 0.115. The number of aryl methyl sites for hydroxylation is 1. The molecular weight excluding hydrogens is 451 g/mol. The van der Waals surface area contributed by atoms with Crippen LogP contribution in [0.5, 0.6) is 5.75 Å². The summed E-state index contributed by atoms with van der Waals surface area (Å²) in [6.45, 7) is 2.42. The van der Waals surface area contributed by atoms with Gasteiger partial charge in [-0.25, -0.2) is 4.90 Å². The van der Waals surface area contributed by atoms with E-state index >= 15 is 0 Å². The summed E-state index contributed by atoms with van der Waals surface area (Å²) in [5, 5.41) is -0.649. The number of amides is 2. The molecule has 1 fully saturated rings. The van der Waals surface area contributed by atoms with Gasteiger partial charge in [0, 0.05) is 0 Å². The molecule has 0 radical (unpaired) electrons. The quantitative estimate of drug-likeness (QED) is 0.384. The number of rotatable bonds is 5. The molecular formula is C25H18F3NO3S. The summed E-state index contributed by atoms with van der Waals surface area (Å²) in [5.74, 6) is -0.0196. The first-order valence-electron chi connectivity index (χ1n) is 9.94. The van der Waals surface area contributed by atoms with Crippen LogP contribution >= 0.6 is 11.8 Å². The second-order valence-corrected chi connectivity index (χ2v) is 8.40. The van der Waals surface area contributed by atoms with E-state index in [1.165, 1.54) is 23.8 Å². The predicted octanol–water partition coefficient (Wildman–Crippen LogP) is 6.83. The lowest BCUT2D eigenvalue weighted by molar-refractivity contribution is -0.137. The summed E-state index contributed by atoms with van der Waals surface area (Å²) < 4.78 is 44.8. The van der Waals surface area contributed by atoms with E-state index in [4.69, 9.17) is 4.74 Å². The van der Waals surface area contributed by atoms with Gasteiger partial charge in [-0.05, 0) is 66.2 Å². The van der Waals surface area contributed by atoms with Crippen molar-refractivity contribution in [1.82, 2.24) is 0 Å². The Balaban J connectivity index is 1.46. The minimum Gasteiger partial charge on any atom is -0.489 e. The number of carbonyl (C=O) groups excluding carboxylic acids is 2. The molecule has 1 heterocycles. The van der Waals surface area contributed by atoms with Gasteiger partial charge in [-0.15, -0.1) is 0 Å². The SMILES string of the molecule is Cc1ccc(COc2ccc(/C=C3\SC(=O)N(c4cccc(C(F)(F)F)c4)C3=O)cc2)cc1. The van der Waals surface area contributed by atoms with Gasteiger partial charge in [0.05, 0.1) is 16.2 Å². The first-order valence-corrected chi connectivity index (χ1v) is 10.8. The summed E-state index contributed by atoms with van der Waals surface area (Å²) in [4.78, 5) is 26.0. The lowest BCUT2D eigenvalue weighted by atomic mass is 10.1. The molecule has 2 amide bonds. The molecule has 0 N–H and O–H groups in total. The maximum atomic E-state index is 13.0. The second kappa shape index (κ2) is 9.15. The summed E-state index contributed by atoms with van der Waals surface area (Å²) in [7, 11) is 0. The van der Waals surface area contributed by atoms with Crippen LogP contribution in [0.1, 0.15) is 22.3 Å². The molecule has 1 aliphatic rings. The number of benzene rings is 3. The third-order valence-electron chi connectivity index (χ3n) is 4.93. The van der Waals surface area contributed by atoms with Crippen molar-refractivity contribution in [3.63, 3.8) is 0 Å². The summed E-state index contributed by atoms with van der Waals surface area (Å²) in [5.41, 5.74) is 1.82. The standard InChI is InChI=1S/C25H18F3NO3S/c1-16-5-7-18(8-6-16)15-32-21-11-9-17(10-12-21)13-22-23(30)29(24(31)33-22)20-4-2-3-19(14-20)25(26,27)28/h2-14H,15H2,1H3/b22-13-. The van der Waals surface area contributed by atoms with Gasteiger partial charge in [-0.1, -0.05) is 48.0 Å². The van der Waals surface area contributed by atoms with Crippen molar-refractivity contribution in [3.05, 3.63) is 100.0 Å². The van der Waals surface area contributed by atoms with Crippen molar-refractivity contribution in [2.75, 3.05) is 4.90 Å². The van der Waals surface area contributed by atoms with Gasteiger partial charge in [-0.3, -0.25) is 9.59 Å². The van der Waals surface area contributed by atoms with Crippen LogP contribution in [0.15, 0.2) is 77.7 Å². The molecule has 0 aliphatic carbocycles. The van der Waals surface area contributed by atoms with E-state index in [-0.39, 0.29) is 10.6 Å². The molecule has 4 rings (SSSR count). The lowest BCUT2D eigenvalue weighted by Crippen LogP contribution is -2.28. The van der Waals surface area contributed by atoms with Crippen molar-refractivity contribution in [2.24, 2.45) is 0 Å². The van der Waals surface area contributed by atoms with Gasteiger partial charge < -0.3 is 4.74 Å². The topological polar surface area (TPSA) is 46.6 Å². The highest BCUT2D eigenvalue weighted by molar-refractivity contribution is 8.19. The van der Waals surface area contributed by atoms with Crippen LogP contribution in [-0.2, 0) is 17.6 Å². The van der Waals surface area contributed by atoms with Crippen molar-refractivity contribution < 1.29 is 27.5 Å². The van der Waals surface area contributed by atoms with Crippen LogP contribution in [-0.4, -0.2) is 11.1 Å². The molecule has 33 heavy (non-hydrogen) atoms. The normalized spacial score (nSPS) is 15.4. The average molecular weight is 469 g/mol. The number of alkyl halides is 3. The van der Waals surface area contributed by atoms with E-state index in [0.717, 1.165) is 22.6 Å². The van der Waals surface area contributed by atoms with Gasteiger partial charge in [0.25, 0.3) is 11.1 Å². The third-order valence-corrected chi connectivity index (χ3v) is 5.80. The molecule has 0 unspecified atom stereocenters. The molecule has 0 aromatic heterocycles. The number of hydrogen-bond donors (Lipinski definition) is 0. The summed E-state index contributed by atoms with van der Waals surface area (Å²) >= 11 is 0.684. The highest BCUT2D eigenvalue weighted by Crippen LogP contribution is 2.38. The Morgan fingerprint density at radius 3 is 2.33 bits per heavy atom. The Kier molecular flexibility index (Phi) is 6.29. The highest BCUT2D eigenvalue weighted by Gasteiger charge is 2.38. The van der Waals surface area contributed by atoms with Crippen molar-refractivity contribution in [1.29, 1.82) is 0 Å². The number of halogens is 3. The Labute approximate surface area is 192 Å². The molecule has 8 heteroatoms. The number of carbonyl (C=O) groups is 2. The molecule has 3 aromatic rings. The fourth-order valence-electron chi connectivity index (χ4n) is 3.17. The zero-order valence-electron chi connectivity index (χ0n) is 17.4. The van der Waals surface area contributed by atoms with Crippen LogP contribution in [0, 0.1) is 6.92 Å². The van der Waals surface area contributed by atoms with Gasteiger partial charge in [0.15, 0.2) is 0 Å². The van der Waals surface area contributed by atoms with Gasteiger partial charge in [-0.2, -0.15) is 13.2 Å². The molecule has 0 bridgehead atoms. The predicted molar refractivity (Wildman–Crippen MR) is 122 cm³/mol. The zero-order chi connectivity index (χ0) is 23.6. The number of ether oxygens (including phenoxy) is 1. The number of thioether (sulfide) groups is 1. The average Bonchev–Trinajstić information content (AvgIpc) is 3.06. The fourth-order valence-corrected chi connectivity index (χ4v) is 4.02. The number of anilines is 1. The van der Waals surface area contributed by atoms with Crippen molar-refractivity contribution in [2.45, 2.75) is 19.7 Å². The van der Waals surface area contributed by atoms with Crippen LogP contribution in [0.3, 0.4) is 0 Å². The van der Waals surface area contributed by atoms with E-state index in [1.807, 2.05) is 31.2 Å². The maximum Gasteiger partial charge on any atom is 0.416 e. The third kappa shape index (κ3) is 5.28. The molecule has 4 nitrogen and oxygen atoms in total. The Morgan fingerprint density at radius 2 is 1.67 bits per heavy atom. The minimum atomic E-state index is -4.57. The smallest absolute Gasteiger partial charge is 0.416 e. The lowest BCUT2D eigenvalue weighted by Gasteiger charge is -2.14. The van der Waals surface area contributed by atoms with Crippen LogP contribution in [0.25, 0.3) is 6.08 Å². The first kappa shape index (κ1) is 22.7. The molecule has 0 spiro atoms. The van der Waals surface area contributed by atoms with Crippen molar-refractivity contribution >= 4 is 34.7 Å². The second-order valence-electron chi connectivity index (χ2n) is 7.41. The van der Waals surface area contributed by atoms with Crippen LogP contribution < -0.4 is 9.64 Å². The van der Waals surface area contributed by atoms with Crippen LogP contribution in [0.4, 0.5) is 23.7 Å². The van der Waals surface area contributed by atoms with E-state index in [2.05, 4.69) is 0 Å². The van der Waals surface area contributed by atoms with E-state index in [9.17, 15) is 22.8 Å². The molecule has 3 aromatic carbocycles. The molecule has 1 saturated heterocycles. The number of imide groups is 1. The van der Waals surface area contributed by atoms with Gasteiger partial charge in [0.2, 0.25) is 0 Å². The largest absolute Gasteiger partial charge is 0.489 e. The Bertz CT molecular complexity index is 1220. The van der Waals surface area contributed by atoms with E-state index in [0.29, 0.717) is 29.7 Å². The van der Waals surface area contributed by atoms with Gasteiger partial charge in [0.1, 0.15) is 12.4 Å². The van der Waals surface area contributed by atoms with E-state index in [1.54, 1.807) is 24.3 Å². The first-order chi connectivity index (χ1) is 15.7. The Hall–Kier alpha value is -3.52. The zero-order valence-corrected chi connectivity index (χ0v) is 18.2. The molecule has 1 aliphatic heterocycles.